The smallest absolute Gasteiger partial charge is 0.165 e. The molecule has 0 spiro atoms. The van der Waals surface area contributed by atoms with E-state index < -0.39 is 5.82 Å². The number of hydrogen-bond donors (Lipinski definition) is 0. The van der Waals surface area contributed by atoms with E-state index in [1.807, 2.05) is 0 Å². The second-order valence-electron chi connectivity index (χ2n) is 4.31. The molecule has 16 heavy (non-hydrogen) atoms. The molecule has 0 heterocycles. The zero-order valence-electron chi connectivity index (χ0n) is 9.59. The molecule has 0 bridgehead atoms. The molecule has 0 N–H and O–H groups in total. The summed E-state index contributed by atoms with van der Waals surface area (Å²) in [4.78, 5) is 11.7. The topological polar surface area (TPSA) is 17.1 Å². The zero-order valence-corrected chi connectivity index (χ0v) is 10.4. The van der Waals surface area contributed by atoms with Crippen LogP contribution in [0.2, 0.25) is 5.02 Å². The molecular weight excluding hydrogens is 227 g/mol. The summed E-state index contributed by atoms with van der Waals surface area (Å²) >= 11 is 5.62. The lowest BCUT2D eigenvalue weighted by Crippen LogP contribution is -2.03. The molecule has 0 saturated carbocycles. The van der Waals surface area contributed by atoms with Crippen LogP contribution in [-0.2, 0) is 0 Å². The summed E-state index contributed by atoms with van der Waals surface area (Å²) in [6, 6.07) is 4.53. The van der Waals surface area contributed by atoms with E-state index in [1.54, 1.807) is 6.07 Å². The van der Waals surface area contributed by atoms with Crippen LogP contribution in [-0.4, -0.2) is 5.78 Å². The maximum Gasteiger partial charge on any atom is 0.165 e. The minimum atomic E-state index is -0.598. The number of carbonyl (C=O) groups excluding carboxylic acids is 1. The molecule has 0 fully saturated rings. The summed E-state index contributed by atoms with van der Waals surface area (Å²) in [5.74, 6) is -0.198. The highest BCUT2D eigenvalue weighted by molar-refractivity contribution is 6.31. The van der Waals surface area contributed by atoms with Crippen molar-refractivity contribution in [3.05, 3.63) is 34.6 Å². The third kappa shape index (κ3) is 3.60. The molecule has 88 valence electrons. The van der Waals surface area contributed by atoms with Gasteiger partial charge >= 0.3 is 0 Å². The van der Waals surface area contributed by atoms with Crippen molar-refractivity contribution in [2.45, 2.75) is 33.1 Å². The van der Waals surface area contributed by atoms with Crippen LogP contribution in [0, 0.1) is 11.7 Å². The van der Waals surface area contributed by atoms with Gasteiger partial charge in [-0.25, -0.2) is 4.39 Å². The quantitative estimate of drug-likeness (QED) is 0.696. The first-order valence-corrected chi connectivity index (χ1v) is 5.87. The monoisotopic (exact) mass is 242 g/mol. The third-order valence-electron chi connectivity index (χ3n) is 2.44. The molecule has 0 amide bonds. The Labute approximate surface area is 101 Å². The van der Waals surface area contributed by atoms with Gasteiger partial charge in [-0.2, -0.15) is 0 Å². The average Bonchev–Trinajstić information content (AvgIpc) is 2.21. The molecule has 3 heteroatoms. The predicted molar refractivity (Wildman–Crippen MR) is 64.4 cm³/mol. The van der Waals surface area contributed by atoms with Gasteiger partial charge in [-0.3, -0.25) is 4.79 Å². The molecule has 0 saturated heterocycles. The summed E-state index contributed by atoms with van der Waals surface area (Å²) in [5.41, 5.74) is 0.108. The first-order valence-electron chi connectivity index (χ1n) is 5.49. The van der Waals surface area contributed by atoms with Gasteiger partial charge in [0.2, 0.25) is 0 Å². The zero-order chi connectivity index (χ0) is 12.1. The molecule has 0 aromatic heterocycles. The first-order chi connectivity index (χ1) is 7.52. The van der Waals surface area contributed by atoms with E-state index in [-0.39, 0.29) is 16.4 Å². The number of rotatable bonds is 5. The van der Waals surface area contributed by atoms with E-state index in [4.69, 9.17) is 11.6 Å². The van der Waals surface area contributed by atoms with Crippen LogP contribution in [0.5, 0.6) is 0 Å². The summed E-state index contributed by atoms with van der Waals surface area (Å²) in [6.07, 6.45) is 2.16. The van der Waals surface area contributed by atoms with Crippen molar-refractivity contribution in [1.82, 2.24) is 0 Å². The van der Waals surface area contributed by atoms with Crippen LogP contribution < -0.4 is 0 Å². The van der Waals surface area contributed by atoms with Crippen LogP contribution in [0.15, 0.2) is 18.2 Å². The minimum Gasteiger partial charge on any atom is -0.294 e. The van der Waals surface area contributed by atoms with Gasteiger partial charge in [-0.15, -0.1) is 0 Å². The highest BCUT2D eigenvalue weighted by Gasteiger charge is 2.13. The standard InChI is InChI=1S/C13H16ClFO/c1-9(2)5-3-8-12(16)10-6-4-7-11(14)13(10)15/h4,6-7,9H,3,5,8H2,1-2H3. The second kappa shape index (κ2) is 6.00. The molecule has 0 atom stereocenters. The average molecular weight is 243 g/mol. The lowest BCUT2D eigenvalue weighted by Gasteiger charge is -2.05. The molecule has 1 nitrogen and oxygen atoms in total. The lowest BCUT2D eigenvalue weighted by molar-refractivity contribution is 0.0974. The van der Waals surface area contributed by atoms with Gasteiger partial charge in [-0.1, -0.05) is 37.9 Å². The Bertz CT molecular complexity index is 374. The largest absolute Gasteiger partial charge is 0.294 e. The van der Waals surface area contributed by atoms with Gasteiger partial charge in [0, 0.05) is 6.42 Å². The van der Waals surface area contributed by atoms with E-state index in [9.17, 15) is 9.18 Å². The van der Waals surface area contributed by atoms with Crippen molar-refractivity contribution in [3.8, 4) is 0 Å². The molecule has 1 aromatic carbocycles. The highest BCUT2D eigenvalue weighted by Crippen LogP contribution is 2.20. The molecule has 0 aliphatic heterocycles. The van der Waals surface area contributed by atoms with Gasteiger partial charge in [0.1, 0.15) is 0 Å². The van der Waals surface area contributed by atoms with E-state index >= 15 is 0 Å². The van der Waals surface area contributed by atoms with Crippen LogP contribution >= 0.6 is 11.6 Å². The Morgan fingerprint density at radius 3 is 2.75 bits per heavy atom. The fourth-order valence-electron chi connectivity index (χ4n) is 1.52. The Morgan fingerprint density at radius 2 is 2.12 bits per heavy atom. The SMILES string of the molecule is CC(C)CCCC(=O)c1cccc(Cl)c1F. The minimum absolute atomic E-state index is 0.00899. The number of benzene rings is 1. The summed E-state index contributed by atoms with van der Waals surface area (Å²) in [6.45, 7) is 4.20. The maximum atomic E-state index is 13.5. The molecule has 0 aliphatic rings. The molecule has 0 radical (unpaired) electrons. The lowest BCUT2D eigenvalue weighted by atomic mass is 10.0. The number of Topliss-reactive ketones (excluding diaryl/α,β-unsaturated/α-hetero) is 1. The summed E-state index contributed by atoms with van der Waals surface area (Å²) in [5, 5.41) is 0.00899. The van der Waals surface area contributed by atoms with E-state index in [1.165, 1.54) is 12.1 Å². The van der Waals surface area contributed by atoms with E-state index in [2.05, 4.69) is 13.8 Å². The van der Waals surface area contributed by atoms with Crippen molar-refractivity contribution in [2.75, 3.05) is 0 Å². The van der Waals surface area contributed by atoms with E-state index in [0.29, 0.717) is 12.3 Å². The third-order valence-corrected chi connectivity index (χ3v) is 2.73. The first kappa shape index (κ1) is 13.2. The normalized spacial score (nSPS) is 10.8. The Morgan fingerprint density at radius 1 is 1.44 bits per heavy atom. The maximum absolute atomic E-state index is 13.5. The number of hydrogen-bond acceptors (Lipinski definition) is 1. The van der Waals surface area contributed by atoms with Crippen molar-refractivity contribution in [1.29, 1.82) is 0 Å². The fraction of sp³-hybridized carbons (Fsp3) is 0.462. The van der Waals surface area contributed by atoms with Crippen LogP contribution in [0.1, 0.15) is 43.5 Å². The second-order valence-corrected chi connectivity index (χ2v) is 4.72. The Kier molecular flexibility index (Phi) is 4.94. The van der Waals surface area contributed by atoms with Crippen LogP contribution in [0.3, 0.4) is 0 Å². The number of halogens is 2. The molecule has 0 aliphatic carbocycles. The van der Waals surface area contributed by atoms with Crippen LogP contribution in [0.4, 0.5) is 4.39 Å². The Hall–Kier alpha value is -0.890. The van der Waals surface area contributed by atoms with Crippen molar-refractivity contribution in [3.63, 3.8) is 0 Å². The van der Waals surface area contributed by atoms with Gasteiger partial charge in [0.05, 0.1) is 10.6 Å². The van der Waals surface area contributed by atoms with Gasteiger partial charge in [0.25, 0.3) is 0 Å². The molecular formula is C13H16ClFO. The van der Waals surface area contributed by atoms with E-state index in [0.717, 1.165) is 12.8 Å². The molecule has 0 unspecified atom stereocenters. The van der Waals surface area contributed by atoms with Gasteiger partial charge in [0.15, 0.2) is 11.6 Å². The predicted octanol–water partition coefficient (Wildman–Crippen LogP) is 4.49. The number of carbonyl (C=O) groups is 1. The molecule has 1 rings (SSSR count). The highest BCUT2D eigenvalue weighted by atomic mass is 35.5. The van der Waals surface area contributed by atoms with Gasteiger partial charge in [-0.05, 0) is 24.5 Å². The van der Waals surface area contributed by atoms with Crippen molar-refractivity contribution < 1.29 is 9.18 Å². The Balaban J connectivity index is 2.63. The van der Waals surface area contributed by atoms with Crippen molar-refractivity contribution >= 4 is 17.4 Å². The molecule has 1 aromatic rings. The van der Waals surface area contributed by atoms with Crippen LogP contribution in [0.25, 0.3) is 0 Å². The fourth-order valence-corrected chi connectivity index (χ4v) is 1.70. The van der Waals surface area contributed by atoms with Gasteiger partial charge < -0.3 is 0 Å². The van der Waals surface area contributed by atoms with Crippen molar-refractivity contribution in [2.24, 2.45) is 5.92 Å². The number of ketones is 1. The summed E-state index contributed by atoms with van der Waals surface area (Å²) < 4.78 is 13.5. The summed E-state index contributed by atoms with van der Waals surface area (Å²) in [7, 11) is 0.